The van der Waals surface area contributed by atoms with Crippen LogP contribution >= 0.6 is 11.3 Å². The van der Waals surface area contributed by atoms with E-state index in [0.717, 1.165) is 56.7 Å². The lowest BCUT2D eigenvalue weighted by atomic mass is 9.78. The molecule has 0 aromatic carbocycles. The molecule has 2 aromatic rings. The summed E-state index contributed by atoms with van der Waals surface area (Å²) in [5, 5.41) is 8.61. The van der Waals surface area contributed by atoms with Crippen molar-refractivity contribution in [2.45, 2.75) is 52.5 Å². The lowest BCUT2D eigenvalue weighted by Crippen LogP contribution is -2.44. The standard InChI is InChI=1S/C24H32N4O2S/c1-18-15-20(28(25-18)23(2,3)4)22(30)27-13-10-24(17-27)8-11-26(12-9-24)21(29)6-5-19-7-14-31-16-19/h5-7,14-16H,8-13,17H2,1-4H3/b6-5+. The lowest BCUT2D eigenvalue weighted by Gasteiger charge is -2.39. The molecule has 2 aromatic heterocycles. The van der Waals surface area contributed by atoms with Crippen molar-refractivity contribution in [3.8, 4) is 0 Å². The fourth-order valence-electron chi connectivity index (χ4n) is 4.69. The number of piperidine rings is 1. The van der Waals surface area contributed by atoms with E-state index in [1.165, 1.54) is 0 Å². The van der Waals surface area contributed by atoms with Gasteiger partial charge in [-0.15, -0.1) is 0 Å². The molecular weight excluding hydrogens is 408 g/mol. The Labute approximate surface area is 188 Å². The number of aryl methyl sites for hydroxylation is 1. The molecule has 31 heavy (non-hydrogen) atoms. The number of carbonyl (C=O) groups is 2. The average molecular weight is 441 g/mol. The van der Waals surface area contributed by atoms with Crippen LogP contribution in [0.15, 0.2) is 29.0 Å². The second-order valence-electron chi connectivity index (χ2n) is 9.95. The summed E-state index contributed by atoms with van der Waals surface area (Å²) in [6.07, 6.45) is 6.48. The van der Waals surface area contributed by atoms with Gasteiger partial charge in [0.15, 0.2) is 0 Å². The molecule has 2 fully saturated rings. The first-order valence-corrected chi connectivity index (χ1v) is 12.0. The van der Waals surface area contributed by atoms with Crippen molar-refractivity contribution >= 4 is 29.2 Å². The zero-order valence-electron chi connectivity index (χ0n) is 18.9. The molecule has 0 aliphatic carbocycles. The van der Waals surface area contributed by atoms with Crippen molar-refractivity contribution in [1.82, 2.24) is 19.6 Å². The fourth-order valence-corrected chi connectivity index (χ4v) is 5.31. The Kier molecular flexibility index (Phi) is 5.81. The molecule has 0 saturated carbocycles. The molecule has 2 aliphatic rings. The maximum absolute atomic E-state index is 13.3. The van der Waals surface area contributed by atoms with Crippen LogP contribution in [0.25, 0.3) is 6.08 Å². The van der Waals surface area contributed by atoms with Crippen LogP contribution in [0.1, 0.15) is 61.8 Å². The Morgan fingerprint density at radius 1 is 1.13 bits per heavy atom. The van der Waals surface area contributed by atoms with Crippen LogP contribution in [0.4, 0.5) is 0 Å². The van der Waals surface area contributed by atoms with Crippen molar-refractivity contribution in [3.05, 3.63) is 45.9 Å². The van der Waals surface area contributed by atoms with Crippen molar-refractivity contribution < 1.29 is 9.59 Å². The van der Waals surface area contributed by atoms with Gasteiger partial charge in [-0.1, -0.05) is 0 Å². The number of hydrogen-bond donors (Lipinski definition) is 0. The van der Waals surface area contributed by atoms with Crippen molar-refractivity contribution in [1.29, 1.82) is 0 Å². The van der Waals surface area contributed by atoms with Crippen LogP contribution < -0.4 is 0 Å². The summed E-state index contributed by atoms with van der Waals surface area (Å²) in [6, 6.07) is 3.91. The largest absolute Gasteiger partial charge is 0.339 e. The number of hydrogen-bond acceptors (Lipinski definition) is 4. The van der Waals surface area contributed by atoms with Crippen LogP contribution in [-0.2, 0) is 10.3 Å². The van der Waals surface area contributed by atoms with Gasteiger partial charge in [-0.2, -0.15) is 16.4 Å². The molecule has 2 aliphatic heterocycles. The average Bonchev–Trinajstić information content (AvgIpc) is 3.46. The number of carbonyl (C=O) groups excluding carboxylic acids is 2. The van der Waals surface area contributed by atoms with Crippen molar-refractivity contribution in [2.75, 3.05) is 26.2 Å². The van der Waals surface area contributed by atoms with E-state index < -0.39 is 0 Å². The van der Waals surface area contributed by atoms with Crippen LogP contribution in [0.3, 0.4) is 0 Å². The van der Waals surface area contributed by atoms with E-state index in [0.29, 0.717) is 5.69 Å². The number of aromatic nitrogens is 2. The minimum Gasteiger partial charge on any atom is -0.339 e. The normalized spacial score (nSPS) is 19.0. The predicted molar refractivity (Wildman–Crippen MR) is 124 cm³/mol. The maximum atomic E-state index is 13.3. The van der Waals surface area contributed by atoms with Gasteiger partial charge in [-0.25, -0.2) is 0 Å². The van der Waals surface area contributed by atoms with Gasteiger partial charge in [0.1, 0.15) is 5.69 Å². The zero-order chi connectivity index (χ0) is 22.2. The Morgan fingerprint density at radius 2 is 1.81 bits per heavy atom. The zero-order valence-corrected chi connectivity index (χ0v) is 19.7. The van der Waals surface area contributed by atoms with Gasteiger partial charge in [-0.05, 0) is 86.9 Å². The second kappa shape index (κ2) is 8.26. The third kappa shape index (κ3) is 4.61. The van der Waals surface area contributed by atoms with Crippen LogP contribution in [0.2, 0.25) is 0 Å². The molecule has 7 heteroatoms. The number of likely N-dealkylation sites (tertiary alicyclic amines) is 2. The third-order valence-electron chi connectivity index (χ3n) is 6.51. The predicted octanol–water partition coefficient (Wildman–Crippen LogP) is 4.18. The quantitative estimate of drug-likeness (QED) is 0.673. The molecule has 2 saturated heterocycles. The lowest BCUT2D eigenvalue weighted by molar-refractivity contribution is -0.128. The smallest absolute Gasteiger partial charge is 0.272 e. The molecule has 4 rings (SSSR count). The fraction of sp³-hybridized carbons (Fsp3) is 0.542. The summed E-state index contributed by atoms with van der Waals surface area (Å²) in [7, 11) is 0. The maximum Gasteiger partial charge on any atom is 0.272 e. The van der Waals surface area contributed by atoms with Gasteiger partial charge < -0.3 is 9.80 Å². The molecule has 0 atom stereocenters. The van der Waals surface area contributed by atoms with E-state index in [9.17, 15) is 9.59 Å². The van der Waals surface area contributed by atoms with E-state index >= 15 is 0 Å². The SMILES string of the molecule is Cc1cc(C(=O)N2CCC3(CCN(C(=O)/C=C/c4ccsc4)CC3)C2)n(C(C)(C)C)n1. The van der Waals surface area contributed by atoms with Gasteiger partial charge in [-0.3, -0.25) is 14.3 Å². The molecule has 0 N–H and O–H groups in total. The summed E-state index contributed by atoms with van der Waals surface area (Å²) in [4.78, 5) is 29.8. The third-order valence-corrected chi connectivity index (χ3v) is 7.21. The first-order chi connectivity index (χ1) is 14.7. The van der Waals surface area contributed by atoms with E-state index in [1.807, 2.05) is 50.4 Å². The molecule has 6 nitrogen and oxygen atoms in total. The van der Waals surface area contributed by atoms with Crippen LogP contribution in [0, 0.1) is 12.3 Å². The molecule has 2 amide bonds. The molecule has 0 radical (unpaired) electrons. The van der Waals surface area contributed by atoms with Crippen molar-refractivity contribution in [3.63, 3.8) is 0 Å². The van der Waals surface area contributed by atoms with Crippen molar-refractivity contribution in [2.24, 2.45) is 5.41 Å². The number of amides is 2. The van der Waals surface area contributed by atoms with E-state index in [-0.39, 0.29) is 22.8 Å². The Morgan fingerprint density at radius 3 is 2.42 bits per heavy atom. The minimum atomic E-state index is -0.237. The van der Waals surface area contributed by atoms with Gasteiger partial charge in [0.25, 0.3) is 5.91 Å². The van der Waals surface area contributed by atoms with E-state index in [2.05, 4.69) is 25.9 Å². The monoisotopic (exact) mass is 440 g/mol. The highest BCUT2D eigenvalue weighted by Crippen LogP contribution is 2.41. The second-order valence-corrected chi connectivity index (χ2v) is 10.7. The Hall–Kier alpha value is -2.41. The molecular formula is C24H32N4O2S. The molecule has 1 spiro atoms. The first-order valence-electron chi connectivity index (χ1n) is 11.0. The summed E-state index contributed by atoms with van der Waals surface area (Å²) in [5.74, 6) is 0.154. The summed E-state index contributed by atoms with van der Waals surface area (Å²) in [5.41, 5.74) is 2.51. The van der Waals surface area contributed by atoms with Gasteiger partial charge in [0.05, 0.1) is 11.2 Å². The minimum absolute atomic E-state index is 0.0737. The van der Waals surface area contributed by atoms with Gasteiger partial charge in [0, 0.05) is 32.3 Å². The highest BCUT2D eigenvalue weighted by atomic mass is 32.1. The van der Waals surface area contributed by atoms with Gasteiger partial charge >= 0.3 is 0 Å². The molecule has 166 valence electrons. The van der Waals surface area contributed by atoms with Crippen LogP contribution in [-0.4, -0.2) is 57.6 Å². The topological polar surface area (TPSA) is 58.4 Å². The molecule has 4 heterocycles. The highest BCUT2D eigenvalue weighted by Gasteiger charge is 2.43. The summed E-state index contributed by atoms with van der Waals surface area (Å²) < 4.78 is 1.86. The number of thiophene rings is 1. The summed E-state index contributed by atoms with van der Waals surface area (Å²) >= 11 is 1.63. The molecule has 0 unspecified atom stereocenters. The first kappa shape index (κ1) is 21.8. The Bertz CT molecular complexity index is 976. The van der Waals surface area contributed by atoms with Crippen LogP contribution in [0.5, 0.6) is 0 Å². The molecule has 0 bridgehead atoms. The van der Waals surface area contributed by atoms with Gasteiger partial charge in [0.2, 0.25) is 5.91 Å². The van der Waals surface area contributed by atoms with E-state index in [4.69, 9.17) is 0 Å². The highest BCUT2D eigenvalue weighted by molar-refractivity contribution is 7.08. The number of rotatable bonds is 3. The summed E-state index contributed by atoms with van der Waals surface area (Å²) in [6.45, 7) is 11.2. The Balaban J connectivity index is 1.37. The number of nitrogens with zero attached hydrogens (tertiary/aromatic N) is 4. The van der Waals surface area contributed by atoms with E-state index in [1.54, 1.807) is 17.4 Å².